The Morgan fingerprint density at radius 2 is 1.32 bits per heavy atom. The highest BCUT2D eigenvalue weighted by atomic mass is 19.3. The molecule has 34 heavy (non-hydrogen) atoms. The standard InChI is InChI=1S/C27H25F5O2/c1-33-16-17-2-4-18(5-3-17)19-6-8-20(9-7-19)21-10-12-22(13-11-21)27(31,32)34-23-14-24(28)26(30)25(29)15-23/h6-15,17-18H,2-5,16H2,1H3. The van der Waals surface area contributed by atoms with Gasteiger partial charge < -0.3 is 9.47 Å². The maximum absolute atomic E-state index is 14.5. The fraction of sp³-hybridized carbons (Fsp3) is 0.333. The second kappa shape index (κ2) is 10.1. The molecule has 1 aliphatic rings. The van der Waals surface area contributed by atoms with Crippen molar-refractivity contribution in [2.75, 3.05) is 13.7 Å². The fourth-order valence-electron chi connectivity index (χ4n) is 4.50. The summed E-state index contributed by atoms with van der Waals surface area (Å²) >= 11 is 0. The van der Waals surface area contributed by atoms with Gasteiger partial charge in [0.05, 0.1) is 5.56 Å². The minimum Gasteiger partial charge on any atom is -0.429 e. The van der Waals surface area contributed by atoms with E-state index in [1.54, 1.807) is 7.11 Å². The van der Waals surface area contributed by atoms with Gasteiger partial charge in [-0.15, -0.1) is 0 Å². The van der Waals surface area contributed by atoms with E-state index in [-0.39, 0.29) is 0 Å². The Bertz CT molecular complexity index is 1080. The molecule has 180 valence electrons. The maximum atomic E-state index is 14.5. The zero-order valence-corrected chi connectivity index (χ0v) is 18.7. The molecule has 1 saturated carbocycles. The molecule has 0 aromatic heterocycles. The summed E-state index contributed by atoms with van der Waals surface area (Å²) in [5.41, 5.74) is 2.41. The third-order valence-electron chi connectivity index (χ3n) is 6.39. The summed E-state index contributed by atoms with van der Waals surface area (Å²) in [6, 6.07) is 14.3. The average molecular weight is 476 g/mol. The number of alkyl halides is 2. The molecule has 0 heterocycles. The summed E-state index contributed by atoms with van der Waals surface area (Å²) in [5, 5.41) is 0. The molecule has 0 atom stereocenters. The van der Waals surface area contributed by atoms with Crippen molar-refractivity contribution in [2.24, 2.45) is 5.92 Å². The van der Waals surface area contributed by atoms with Gasteiger partial charge in [-0.25, -0.2) is 13.2 Å². The molecule has 7 heteroatoms. The minimum absolute atomic E-state index is 0.381. The van der Waals surface area contributed by atoms with E-state index in [9.17, 15) is 22.0 Å². The monoisotopic (exact) mass is 476 g/mol. The van der Waals surface area contributed by atoms with E-state index in [4.69, 9.17) is 4.74 Å². The molecule has 3 aromatic carbocycles. The Hall–Kier alpha value is -2.93. The van der Waals surface area contributed by atoms with E-state index < -0.39 is 34.9 Å². The van der Waals surface area contributed by atoms with Gasteiger partial charge >= 0.3 is 6.11 Å². The number of benzene rings is 3. The third kappa shape index (κ3) is 5.41. The fourth-order valence-corrected chi connectivity index (χ4v) is 4.50. The predicted octanol–water partition coefficient (Wildman–Crippen LogP) is 7.82. The molecule has 1 aliphatic carbocycles. The SMILES string of the molecule is COCC1CCC(c2ccc(-c3ccc(C(F)(F)Oc4cc(F)c(F)c(F)c4)cc3)cc2)CC1. The van der Waals surface area contributed by atoms with E-state index in [1.165, 1.54) is 29.8 Å². The molecule has 0 bridgehead atoms. The molecule has 0 aliphatic heterocycles. The molecule has 4 rings (SSSR count). The van der Waals surface area contributed by atoms with Crippen LogP contribution in [0.3, 0.4) is 0 Å². The van der Waals surface area contributed by atoms with Crippen molar-refractivity contribution in [3.8, 4) is 16.9 Å². The molecule has 0 spiro atoms. The van der Waals surface area contributed by atoms with Crippen LogP contribution in [0.1, 0.15) is 42.7 Å². The van der Waals surface area contributed by atoms with Crippen LogP contribution in [0, 0.1) is 23.4 Å². The van der Waals surface area contributed by atoms with Gasteiger partial charge in [-0.05, 0) is 66.3 Å². The van der Waals surface area contributed by atoms with E-state index in [2.05, 4.69) is 16.9 Å². The minimum atomic E-state index is -3.86. The summed E-state index contributed by atoms with van der Waals surface area (Å²) in [4.78, 5) is 0. The largest absolute Gasteiger partial charge is 0.429 e. The van der Waals surface area contributed by atoms with Crippen LogP contribution >= 0.6 is 0 Å². The van der Waals surface area contributed by atoms with Crippen LogP contribution < -0.4 is 4.74 Å². The van der Waals surface area contributed by atoms with Crippen LogP contribution in [-0.4, -0.2) is 13.7 Å². The van der Waals surface area contributed by atoms with Crippen molar-refractivity contribution in [1.29, 1.82) is 0 Å². The molecule has 0 radical (unpaired) electrons. The topological polar surface area (TPSA) is 18.5 Å². The number of ether oxygens (including phenoxy) is 2. The van der Waals surface area contributed by atoms with Crippen LogP contribution in [-0.2, 0) is 10.8 Å². The lowest BCUT2D eigenvalue weighted by atomic mass is 9.79. The number of methoxy groups -OCH3 is 1. The molecule has 0 amide bonds. The van der Waals surface area contributed by atoms with Gasteiger partial charge in [0.25, 0.3) is 0 Å². The van der Waals surface area contributed by atoms with Gasteiger partial charge in [-0.1, -0.05) is 36.4 Å². The highest BCUT2D eigenvalue weighted by molar-refractivity contribution is 5.64. The number of halogens is 5. The molecule has 0 N–H and O–H groups in total. The normalized spacial score (nSPS) is 18.6. The van der Waals surface area contributed by atoms with Crippen LogP contribution in [0.15, 0.2) is 60.7 Å². The van der Waals surface area contributed by atoms with E-state index in [1.807, 2.05) is 12.1 Å². The van der Waals surface area contributed by atoms with Crippen molar-refractivity contribution in [1.82, 2.24) is 0 Å². The van der Waals surface area contributed by atoms with Crippen molar-refractivity contribution in [3.63, 3.8) is 0 Å². The first-order valence-corrected chi connectivity index (χ1v) is 11.2. The van der Waals surface area contributed by atoms with Gasteiger partial charge in [0, 0.05) is 25.8 Å². The summed E-state index contributed by atoms with van der Waals surface area (Å²) < 4.78 is 78.4. The lowest BCUT2D eigenvalue weighted by molar-refractivity contribution is -0.185. The Balaban J connectivity index is 1.43. The summed E-state index contributed by atoms with van der Waals surface area (Å²) in [6.45, 7) is 0.809. The second-order valence-corrected chi connectivity index (χ2v) is 8.69. The quantitative estimate of drug-likeness (QED) is 0.256. The van der Waals surface area contributed by atoms with E-state index >= 15 is 0 Å². The van der Waals surface area contributed by atoms with Crippen molar-refractivity contribution >= 4 is 0 Å². The zero-order valence-electron chi connectivity index (χ0n) is 18.7. The lowest BCUT2D eigenvalue weighted by Crippen LogP contribution is -2.22. The van der Waals surface area contributed by atoms with E-state index in [0.717, 1.165) is 43.4 Å². The first kappa shape index (κ1) is 24.2. The van der Waals surface area contributed by atoms with Crippen LogP contribution in [0.2, 0.25) is 0 Å². The third-order valence-corrected chi connectivity index (χ3v) is 6.39. The molecule has 0 saturated heterocycles. The zero-order chi connectivity index (χ0) is 24.3. The highest BCUT2D eigenvalue weighted by Crippen LogP contribution is 2.37. The predicted molar refractivity (Wildman–Crippen MR) is 119 cm³/mol. The van der Waals surface area contributed by atoms with Gasteiger partial charge in [0.1, 0.15) is 5.75 Å². The smallest absolute Gasteiger partial charge is 0.426 e. The first-order chi connectivity index (χ1) is 16.3. The molecule has 3 aromatic rings. The van der Waals surface area contributed by atoms with Crippen molar-refractivity contribution in [2.45, 2.75) is 37.7 Å². The Morgan fingerprint density at radius 1 is 0.794 bits per heavy atom. The number of hydrogen-bond acceptors (Lipinski definition) is 2. The molecular weight excluding hydrogens is 451 g/mol. The second-order valence-electron chi connectivity index (χ2n) is 8.69. The Labute approximate surface area is 195 Å². The summed E-state index contributed by atoms with van der Waals surface area (Å²) in [5.74, 6) is -4.62. The molecular formula is C27H25F5O2. The number of rotatable bonds is 7. The average Bonchev–Trinajstić information content (AvgIpc) is 2.83. The van der Waals surface area contributed by atoms with Gasteiger partial charge in [0.15, 0.2) is 17.5 Å². The van der Waals surface area contributed by atoms with Crippen molar-refractivity contribution in [3.05, 3.63) is 89.2 Å². The molecule has 2 nitrogen and oxygen atoms in total. The molecule has 0 unspecified atom stereocenters. The van der Waals surface area contributed by atoms with Crippen molar-refractivity contribution < 1.29 is 31.4 Å². The van der Waals surface area contributed by atoms with Crippen LogP contribution in [0.5, 0.6) is 5.75 Å². The van der Waals surface area contributed by atoms with Gasteiger partial charge in [-0.3, -0.25) is 0 Å². The lowest BCUT2D eigenvalue weighted by Gasteiger charge is -2.28. The van der Waals surface area contributed by atoms with Crippen LogP contribution in [0.4, 0.5) is 22.0 Å². The van der Waals surface area contributed by atoms with E-state index in [0.29, 0.717) is 24.0 Å². The summed E-state index contributed by atoms with van der Waals surface area (Å²) in [6.07, 6.45) is 0.684. The Morgan fingerprint density at radius 3 is 1.85 bits per heavy atom. The van der Waals surface area contributed by atoms with Gasteiger partial charge in [0.2, 0.25) is 0 Å². The number of hydrogen-bond donors (Lipinski definition) is 0. The summed E-state index contributed by atoms with van der Waals surface area (Å²) in [7, 11) is 1.74. The Kier molecular flexibility index (Phi) is 7.22. The molecule has 1 fully saturated rings. The maximum Gasteiger partial charge on any atom is 0.426 e. The first-order valence-electron chi connectivity index (χ1n) is 11.2. The highest BCUT2D eigenvalue weighted by Gasteiger charge is 2.35. The van der Waals surface area contributed by atoms with Gasteiger partial charge in [-0.2, -0.15) is 8.78 Å². The van der Waals surface area contributed by atoms with Crippen LogP contribution in [0.25, 0.3) is 11.1 Å².